The quantitative estimate of drug-likeness (QED) is 0.239. The summed E-state index contributed by atoms with van der Waals surface area (Å²) in [6.45, 7) is 7.90. The average molecular weight is 562 g/mol. The van der Waals surface area contributed by atoms with Crippen LogP contribution in [0.4, 0.5) is 4.79 Å². The maximum Gasteiger partial charge on any atom is 0.408 e. The zero-order valence-electron chi connectivity index (χ0n) is 23.6. The number of esters is 1. The van der Waals surface area contributed by atoms with E-state index in [1.807, 2.05) is 74.5 Å². The van der Waals surface area contributed by atoms with E-state index >= 15 is 0 Å². The van der Waals surface area contributed by atoms with Crippen molar-refractivity contribution in [2.75, 3.05) is 0 Å². The standard InChI is InChI=1S/C32H39N3O6/c1-4-20(3)27-28(41-31(27)38)30(37)34-25-18-23(25)17-24(5-2)33-29(36)26(16-21-12-8-6-9-13-21)35-32(39)40-19-22-14-10-7-11-15-22/h5-15,20,23-28H,2,4,16-19H2,1,3H3,(H,33,36)(H,34,37)(H,35,39)/t20-,23+,24+,25-,26-,27-,28+/m0/s1. The minimum absolute atomic E-state index is 0.0510. The average Bonchev–Trinajstić information content (AvgIpc) is 3.71. The monoisotopic (exact) mass is 561 g/mol. The van der Waals surface area contributed by atoms with Gasteiger partial charge in [-0.3, -0.25) is 14.4 Å². The fourth-order valence-electron chi connectivity index (χ4n) is 5.07. The van der Waals surface area contributed by atoms with Crippen molar-refractivity contribution >= 4 is 23.9 Å². The minimum Gasteiger partial charge on any atom is -0.451 e. The lowest BCUT2D eigenvalue weighted by molar-refractivity contribution is -0.193. The third-order valence-corrected chi connectivity index (χ3v) is 7.88. The number of carbonyl (C=O) groups excluding carboxylic acids is 4. The first-order valence-electron chi connectivity index (χ1n) is 14.2. The van der Waals surface area contributed by atoms with E-state index in [4.69, 9.17) is 9.47 Å². The molecule has 2 aromatic carbocycles. The van der Waals surface area contributed by atoms with Crippen LogP contribution in [0.5, 0.6) is 0 Å². The van der Waals surface area contributed by atoms with Gasteiger partial charge in [-0.1, -0.05) is 87.0 Å². The Morgan fingerprint density at radius 3 is 2.32 bits per heavy atom. The van der Waals surface area contributed by atoms with Crippen LogP contribution in [0, 0.1) is 17.8 Å². The fourth-order valence-corrected chi connectivity index (χ4v) is 5.07. The molecule has 1 aliphatic carbocycles. The zero-order chi connectivity index (χ0) is 29.4. The highest BCUT2D eigenvalue weighted by atomic mass is 16.6. The largest absolute Gasteiger partial charge is 0.451 e. The normalized spacial score (nSPS) is 23.0. The molecule has 0 unspecified atom stereocenters. The summed E-state index contributed by atoms with van der Waals surface area (Å²) >= 11 is 0. The van der Waals surface area contributed by atoms with Crippen LogP contribution in [-0.4, -0.2) is 48.1 Å². The highest BCUT2D eigenvalue weighted by Gasteiger charge is 2.51. The molecular formula is C32H39N3O6. The van der Waals surface area contributed by atoms with Crippen molar-refractivity contribution in [1.29, 1.82) is 0 Å². The van der Waals surface area contributed by atoms with Gasteiger partial charge in [-0.15, -0.1) is 6.58 Å². The molecule has 3 N–H and O–H groups in total. The molecule has 0 spiro atoms. The van der Waals surface area contributed by atoms with Crippen molar-refractivity contribution in [1.82, 2.24) is 16.0 Å². The molecule has 1 aliphatic heterocycles. The SMILES string of the molecule is C=C[C@H](C[C@@H]1C[C@@H]1NC(=O)[C@@H]1OC(=O)[C@H]1[C@@H](C)CC)NC(=O)[C@H](Cc1ccccc1)NC(=O)OCc1ccccc1. The van der Waals surface area contributed by atoms with Gasteiger partial charge < -0.3 is 25.4 Å². The van der Waals surface area contributed by atoms with Gasteiger partial charge in [-0.05, 0) is 35.8 Å². The van der Waals surface area contributed by atoms with E-state index in [1.54, 1.807) is 6.08 Å². The van der Waals surface area contributed by atoms with Gasteiger partial charge in [0.1, 0.15) is 18.6 Å². The summed E-state index contributed by atoms with van der Waals surface area (Å²) < 4.78 is 10.5. The van der Waals surface area contributed by atoms with Gasteiger partial charge in [0.05, 0.1) is 0 Å². The molecule has 41 heavy (non-hydrogen) atoms. The van der Waals surface area contributed by atoms with E-state index < -0.39 is 24.2 Å². The van der Waals surface area contributed by atoms with E-state index in [0.717, 1.165) is 24.0 Å². The maximum atomic E-state index is 13.3. The third-order valence-electron chi connectivity index (χ3n) is 7.88. The number of amides is 3. The van der Waals surface area contributed by atoms with E-state index in [-0.39, 0.29) is 54.7 Å². The Bertz CT molecular complexity index is 1220. The Hall–Kier alpha value is -4.14. The van der Waals surface area contributed by atoms with Gasteiger partial charge in [0, 0.05) is 18.5 Å². The summed E-state index contributed by atoms with van der Waals surface area (Å²) in [6.07, 6.45) is 2.67. The van der Waals surface area contributed by atoms with Gasteiger partial charge in [0.2, 0.25) is 5.91 Å². The molecule has 1 saturated carbocycles. The number of hydrogen-bond donors (Lipinski definition) is 3. The Balaban J connectivity index is 1.29. The third kappa shape index (κ3) is 8.19. The van der Waals surface area contributed by atoms with Gasteiger partial charge in [-0.2, -0.15) is 0 Å². The summed E-state index contributed by atoms with van der Waals surface area (Å²) in [5.74, 6) is -1.10. The molecular weight excluding hydrogens is 522 g/mol. The summed E-state index contributed by atoms with van der Waals surface area (Å²) in [4.78, 5) is 50.5. The van der Waals surface area contributed by atoms with Crippen LogP contribution >= 0.6 is 0 Å². The molecule has 218 valence electrons. The predicted octanol–water partition coefficient (Wildman–Crippen LogP) is 3.68. The molecule has 9 heteroatoms. The van der Waals surface area contributed by atoms with E-state index in [0.29, 0.717) is 6.42 Å². The van der Waals surface area contributed by atoms with Crippen molar-refractivity contribution < 1.29 is 28.7 Å². The van der Waals surface area contributed by atoms with Crippen LogP contribution in [0.1, 0.15) is 44.2 Å². The molecule has 4 rings (SSSR count). The molecule has 9 nitrogen and oxygen atoms in total. The summed E-state index contributed by atoms with van der Waals surface area (Å²) in [5.41, 5.74) is 1.74. The second-order valence-electron chi connectivity index (χ2n) is 10.9. The molecule has 0 bridgehead atoms. The second-order valence-corrected chi connectivity index (χ2v) is 10.9. The Morgan fingerprint density at radius 2 is 1.71 bits per heavy atom. The lowest BCUT2D eigenvalue weighted by atomic mass is 9.83. The lowest BCUT2D eigenvalue weighted by Gasteiger charge is -2.37. The smallest absolute Gasteiger partial charge is 0.408 e. The topological polar surface area (TPSA) is 123 Å². The van der Waals surface area contributed by atoms with Gasteiger partial charge in [0.25, 0.3) is 5.91 Å². The predicted molar refractivity (Wildman–Crippen MR) is 153 cm³/mol. The number of carbonyl (C=O) groups is 4. The van der Waals surface area contributed by atoms with Gasteiger partial charge in [-0.25, -0.2) is 4.79 Å². The minimum atomic E-state index is -0.858. The van der Waals surface area contributed by atoms with Crippen LogP contribution in [0.2, 0.25) is 0 Å². The molecule has 2 aliphatic rings. The number of benzene rings is 2. The van der Waals surface area contributed by atoms with Crippen LogP contribution in [-0.2, 0) is 36.9 Å². The van der Waals surface area contributed by atoms with E-state index in [9.17, 15) is 19.2 Å². The first kappa shape index (κ1) is 29.8. The Morgan fingerprint density at radius 1 is 1.05 bits per heavy atom. The molecule has 1 saturated heterocycles. The van der Waals surface area contributed by atoms with Crippen molar-refractivity contribution in [2.45, 2.75) is 70.4 Å². The van der Waals surface area contributed by atoms with Gasteiger partial charge >= 0.3 is 12.1 Å². The number of ether oxygens (including phenoxy) is 2. The van der Waals surface area contributed by atoms with Crippen molar-refractivity contribution in [3.05, 3.63) is 84.4 Å². The summed E-state index contributed by atoms with van der Waals surface area (Å²) in [7, 11) is 0. The fraction of sp³-hybridized carbons (Fsp3) is 0.438. The molecule has 1 heterocycles. The van der Waals surface area contributed by atoms with Crippen molar-refractivity contribution in [3.63, 3.8) is 0 Å². The van der Waals surface area contributed by atoms with Crippen molar-refractivity contribution in [3.8, 4) is 0 Å². The number of alkyl carbamates (subject to hydrolysis) is 1. The summed E-state index contributed by atoms with van der Waals surface area (Å²) in [5, 5.41) is 8.68. The number of cyclic esters (lactones) is 1. The number of nitrogens with one attached hydrogen (secondary N) is 3. The molecule has 0 radical (unpaired) electrons. The van der Waals surface area contributed by atoms with Crippen molar-refractivity contribution in [2.24, 2.45) is 17.8 Å². The number of hydrogen-bond acceptors (Lipinski definition) is 6. The second kappa shape index (κ2) is 14.0. The van der Waals surface area contributed by atoms with Gasteiger partial charge in [0.15, 0.2) is 6.10 Å². The van der Waals surface area contributed by atoms with E-state index in [2.05, 4.69) is 22.5 Å². The molecule has 2 aromatic rings. The van der Waals surface area contributed by atoms with Crippen LogP contribution in [0.25, 0.3) is 0 Å². The molecule has 7 atom stereocenters. The van der Waals surface area contributed by atoms with Crippen LogP contribution < -0.4 is 16.0 Å². The first-order valence-corrected chi connectivity index (χ1v) is 14.2. The first-order chi connectivity index (χ1) is 19.8. The number of rotatable bonds is 14. The Kier molecular flexibility index (Phi) is 10.2. The molecule has 2 fully saturated rings. The van der Waals surface area contributed by atoms with E-state index in [1.165, 1.54) is 0 Å². The maximum absolute atomic E-state index is 13.3. The van der Waals surface area contributed by atoms with Crippen LogP contribution in [0.15, 0.2) is 73.3 Å². The Labute approximate surface area is 241 Å². The van der Waals surface area contributed by atoms with Crippen LogP contribution in [0.3, 0.4) is 0 Å². The highest BCUT2D eigenvalue weighted by molar-refractivity contribution is 5.94. The molecule has 0 aromatic heterocycles. The lowest BCUT2D eigenvalue weighted by Crippen LogP contribution is -2.56. The summed E-state index contributed by atoms with van der Waals surface area (Å²) in [6, 6.07) is 17.5. The zero-order valence-corrected chi connectivity index (χ0v) is 23.6. The molecule has 3 amide bonds. The highest BCUT2D eigenvalue weighted by Crippen LogP contribution is 2.37.